The van der Waals surface area contributed by atoms with E-state index in [-0.39, 0.29) is 19.1 Å². The largest absolute Gasteiger partial charge is 0.497 e. The van der Waals surface area contributed by atoms with Crippen LogP contribution in [0, 0.1) is 11.3 Å². The van der Waals surface area contributed by atoms with Gasteiger partial charge in [0.25, 0.3) is 5.91 Å². The van der Waals surface area contributed by atoms with Crippen molar-refractivity contribution in [2.24, 2.45) is 0 Å². The molecule has 1 atom stereocenters. The van der Waals surface area contributed by atoms with Gasteiger partial charge in [0, 0.05) is 11.8 Å². The number of morpholine rings is 1. The molecule has 1 unspecified atom stereocenters. The van der Waals surface area contributed by atoms with Crippen molar-refractivity contribution in [2.75, 3.05) is 25.2 Å². The molecular formula is C12H12N2O3. The summed E-state index contributed by atoms with van der Waals surface area (Å²) in [6, 6.07) is 9.18. The first-order valence-corrected chi connectivity index (χ1v) is 5.20. The second kappa shape index (κ2) is 4.85. The third-order valence-corrected chi connectivity index (χ3v) is 2.57. The van der Waals surface area contributed by atoms with E-state index in [0.29, 0.717) is 5.75 Å². The molecule has 1 amide bonds. The Morgan fingerprint density at radius 2 is 2.41 bits per heavy atom. The number of amides is 1. The maximum absolute atomic E-state index is 11.7. The molecule has 1 aliphatic heterocycles. The maximum Gasteiger partial charge on any atom is 0.253 e. The molecule has 0 bridgehead atoms. The number of hydrogen-bond acceptors (Lipinski definition) is 4. The molecule has 0 aromatic heterocycles. The lowest BCUT2D eigenvalue weighted by atomic mass is 10.2. The number of carbonyl (C=O) groups excluding carboxylic acids is 1. The third-order valence-electron chi connectivity index (χ3n) is 2.57. The third kappa shape index (κ3) is 2.37. The van der Waals surface area contributed by atoms with Crippen LogP contribution in [0.3, 0.4) is 0 Å². The number of carbonyl (C=O) groups is 1. The number of nitrogens with zero attached hydrogens (tertiary/aromatic N) is 2. The zero-order valence-corrected chi connectivity index (χ0v) is 9.42. The molecule has 1 aromatic carbocycles. The van der Waals surface area contributed by atoms with Crippen molar-refractivity contribution in [3.63, 3.8) is 0 Å². The zero-order valence-electron chi connectivity index (χ0n) is 9.42. The van der Waals surface area contributed by atoms with Gasteiger partial charge in [0.15, 0.2) is 6.10 Å². The van der Waals surface area contributed by atoms with E-state index in [1.165, 1.54) is 0 Å². The molecule has 88 valence electrons. The summed E-state index contributed by atoms with van der Waals surface area (Å²) in [5.41, 5.74) is 0.720. The maximum atomic E-state index is 11.7. The molecule has 5 heteroatoms. The van der Waals surface area contributed by atoms with Crippen LogP contribution in [0.5, 0.6) is 5.75 Å². The predicted molar refractivity (Wildman–Crippen MR) is 60.7 cm³/mol. The lowest BCUT2D eigenvalue weighted by Gasteiger charge is -2.29. The van der Waals surface area contributed by atoms with Crippen molar-refractivity contribution >= 4 is 11.6 Å². The fraction of sp³-hybridized carbons (Fsp3) is 0.333. The molecule has 2 rings (SSSR count). The van der Waals surface area contributed by atoms with Gasteiger partial charge in [0.2, 0.25) is 0 Å². The van der Waals surface area contributed by atoms with Gasteiger partial charge in [-0.25, -0.2) is 0 Å². The van der Waals surface area contributed by atoms with Crippen molar-refractivity contribution < 1.29 is 14.3 Å². The van der Waals surface area contributed by atoms with Gasteiger partial charge in [-0.15, -0.1) is 0 Å². The van der Waals surface area contributed by atoms with Crippen molar-refractivity contribution in [3.05, 3.63) is 24.3 Å². The van der Waals surface area contributed by atoms with Crippen LogP contribution in [0.15, 0.2) is 24.3 Å². The minimum atomic E-state index is -0.570. The topological polar surface area (TPSA) is 62.6 Å². The summed E-state index contributed by atoms with van der Waals surface area (Å²) in [4.78, 5) is 13.2. The zero-order chi connectivity index (χ0) is 12.3. The van der Waals surface area contributed by atoms with Gasteiger partial charge < -0.3 is 14.4 Å². The van der Waals surface area contributed by atoms with E-state index in [2.05, 4.69) is 0 Å². The van der Waals surface area contributed by atoms with Gasteiger partial charge in [0.1, 0.15) is 12.4 Å². The van der Waals surface area contributed by atoms with Crippen LogP contribution in [0.25, 0.3) is 0 Å². The highest BCUT2D eigenvalue weighted by Gasteiger charge is 2.27. The number of benzene rings is 1. The van der Waals surface area contributed by atoms with Crippen molar-refractivity contribution in [3.8, 4) is 11.8 Å². The Morgan fingerprint density at radius 3 is 3.12 bits per heavy atom. The molecular weight excluding hydrogens is 220 g/mol. The van der Waals surface area contributed by atoms with E-state index < -0.39 is 6.10 Å². The summed E-state index contributed by atoms with van der Waals surface area (Å²) < 4.78 is 10.2. The second-order valence-electron chi connectivity index (χ2n) is 3.63. The van der Waals surface area contributed by atoms with Crippen LogP contribution in [-0.2, 0) is 9.53 Å². The van der Waals surface area contributed by atoms with Crippen molar-refractivity contribution in [2.45, 2.75) is 6.10 Å². The second-order valence-corrected chi connectivity index (χ2v) is 3.63. The SMILES string of the molecule is COc1cccc(N2CC(C#N)OCC2=O)c1. The van der Waals surface area contributed by atoms with Crippen LogP contribution in [0.2, 0.25) is 0 Å². The standard InChI is InChI=1S/C12H12N2O3/c1-16-10-4-2-3-9(5-10)14-7-11(6-13)17-8-12(14)15/h2-5,11H,7-8H2,1H3. The van der Waals surface area contributed by atoms with E-state index >= 15 is 0 Å². The molecule has 0 aliphatic carbocycles. The monoisotopic (exact) mass is 232 g/mol. The average Bonchev–Trinajstić information content (AvgIpc) is 2.39. The first kappa shape index (κ1) is 11.4. The number of hydrogen-bond donors (Lipinski definition) is 0. The molecule has 0 spiro atoms. The molecule has 0 radical (unpaired) electrons. The number of ether oxygens (including phenoxy) is 2. The number of anilines is 1. The summed E-state index contributed by atoms with van der Waals surface area (Å²) in [5, 5.41) is 8.81. The van der Waals surface area contributed by atoms with E-state index in [1.807, 2.05) is 6.07 Å². The van der Waals surface area contributed by atoms with Gasteiger partial charge >= 0.3 is 0 Å². The van der Waals surface area contributed by atoms with Crippen LogP contribution >= 0.6 is 0 Å². The number of nitriles is 1. The molecule has 0 saturated carbocycles. The minimum absolute atomic E-state index is 0.0601. The fourth-order valence-corrected chi connectivity index (χ4v) is 1.68. The Kier molecular flexibility index (Phi) is 3.26. The van der Waals surface area contributed by atoms with Gasteiger partial charge in [0.05, 0.1) is 19.7 Å². The summed E-state index contributed by atoms with van der Waals surface area (Å²) >= 11 is 0. The summed E-state index contributed by atoms with van der Waals surface area (Å²) in [7, 11) is 1.57. The lowest BCUT2D eigenvalue weighted by molar-refractivity contribution is -0.127. The average molecular weight is 232 g/mol. The van der Waals surface area contributed by atoms with E-state index in [1.54, 1.807) is 36.3 Å². The molecule has 1 saturated heterocycles. The highest BCUT2D eigenvalue weighted by Crippen LogP contribution is 2.23. The fourth-order valence-electron chi connectivity index (χ4n) is 1.68. The van der Waals surface area contributed by atoms with E-state index in [4.69, 9.17) is 14.7 Å². The van der Waals surface area contributed by atoms with E-state index in [0.717, 1.165) is 5.69 Å². The Hall–Kier alpha value is -2.06. The number of methoxy groups -OCH3 is 1. The van der Waals surface area contributed by atoms with Crippen LogP contribution in [0.1, 0.15) is 0 Å². The van der Waals surface area contributed by atoms with Gasteiger partial charge in [-0.1, -0.05) is 6.07 Å². The quantitative estimate of drug-likeness (QED) is 0.761. The molecule has 0 N–H and O–H groups in total. The lowest BCUT2D eigenvalue weighted by Crippen LogP contribution is -2.46. The smallest absolute Gasteiger partial charge is 0.253 e. The molecule has 1 fully saturated rings. The van der Waals surface area contributed by atoms with Gasteiger partial charge in [-0.2, -0.15) is 5.26 Å². The van der Waals surface area contributed by atoms with Crippen LogP contribution in [-0.4, -0.2) is 32.3 Å². The summed E-state index contributed by atoms with van der Waals surface area (Å²) in [5.74, 6) is 0.528. The Labute approximate surface area is 99.2 Å². The highest BCUT2D eigenvalue weighted by molar-refractivity contribution is 5.95. The molecule has 1 aromatic rings. The Morgan fingerprint density at radius 1 is 1.59 bits per heavy atom. The predicted octanol–water partition coefficient (Wildman–Crippen LogP) is 0.951. The van der Waals surface area contributed by atoms with Gasteiger partial charge in [-0.05, 0) is 12.1 Å². The number of rotatable bonds is 2. The normalized spacial score (nSPS) is 19.9. The molecule has 17 heavy (non-hydrogen) atoms. The van der Waals surface area contributed by atoms with E-state index in [9.17, 15) is 4.79 Å². The van der Waals surface area contributed by atoms with Crippen LogP contribution in [0.4, 0.5) is 5.69 Å². The molecule has 1 heterocycles. The molecule has 5 nitrogen and oxygen atoms in total. The molecule has 1 aliphatic rings. The summed E-state index contributed by atoms with van der Waals surface area (Å²) in [6.45, 7) is 0.192. The van der Waals surface area contributed by atoms with Crippen molar-refractivity contribution in [1.29, 1.82) is 5.26 Å². The summed E-state index contributed by atoms with van der Waals surface area (Å²) in [6.07, 6.45) is -0.570. The Balaban J connectivity index is 2.24. The highest BCUT2D eigenvalue weighted by atomic mass is 16.5. The van der Waals surface area contributed by atoms with Gasteiger partial charge in [-0.3, -0.25) is 4.79 Å². The first-order valence-electron chi connectivity index (χ1n) is 5.20. The van der Waals surface area contributed by atoms with Crippen LogP contribution < -0.4 is 9.64 Å². The van der Waals surface area contributed by atoms with Crippen molar-refractivity contribution in [1.82, 2.24) is 0 Å². The minimum Gasteiger partial charge on any atom is -0.497 e. The first-order chi connectivity index (χ1) is 8.24. The Bertz CT molecular complexity index is 467.